The van der Waals surface area contributed by atoms with Crippen LogP contribution in [-0.2, 0) is 6.54 Å². The Balaban J connectivity index is 1.33. The Hall–Kier alpha value is -2.18. The average Bonchev–Trinajstić information content (AvgIpc) is 3.22. The number of thiophene rings is 1. The summed E-state index contributed by atoms with van der Waals surface area (Å²) in [7, 11) is 0. The first-order valence-corrected chi connectivity index (χ1v) is 10.9. The third-order valence-corrected chi connectivity index (χ3v) is 6.96. The third-order valence-electron chi connectivity index (χ3n) is 6.09. The maximum atomic E-state index is 12.7. The number of nitrogens with one attached hydrogen (secondary N) is 2. The molecule has 2 fully saturated rings. The minimum atomic E-state index is -0.0705. The molecule has 0 saturated heterocycles. The van der Waals surface area contributed by atoms with Gasteiger partial charge in [-0.3, -0.25) is 9.59 Å². The molecule has 1 aromatic heterocycles. The number of carbonyl (C=O) groups is 2. The Labute approximate surface area is 169 Å². The molecule has 2 aliphatic rings. The second kappa shape index (κ2) is 8.45. The first-order chi connectivity index (χ1) is 13.6. The van der Waals surface area contributed by atoms with Crippen LogP contribution in [0.15, 0.2) is 41.8 Å². The topological polar surface area (TPSA) is 84.2 Å². The zero-order valence-corrected chi connectivity index (χ0v) is 16.7. The standard InChI is InChI=1S/C22H27N3O2S/c23-18-11-16-3-1-4-17(12-18)20(16)25-21(26)15-8-6-14(7-9-15)13-24-22(27)19-5-2-10-28-19/h2,5-10,16-18,20H,1,3-4,11-13,23H2,(H,24,27)(H,25,26). The molecule has 5 nitrogen and oxygen atoms in total. The first kappa shape index (κ1) is 19.2. The lowest BCUT2D eigenvalue weighted by Gasteiger charge is -2.45. The summed E-state index contributed by atoms with van der Waals surface area (Å²) in [5.41, 5.74) is 7.83. The predicted molar refractivity (Wildman–Crippen MR) is 111 cm³/mol. The first-order valence-electron chi connectivity index (χ1n) is 10.1. The molecule has 2 bridgehead atoms. The molecule has 2 aliphatic carbocycles. The molecule has 0 radical (unpaired) electrons. The quantitative estimate of drug-likeness (QED) is 0.724. The highest BCUT2D eigenvalue weighted by molar-refractivity contribution is 7.12. The van der Waals surface area contributed by atoms with Crippen molar-refractivity contribution in [2.24, 2.45) is 17.6 Å². The van der Waals surface area contributed by atoms with Gasteiger partial charge in [0, 0.05) is 24.2 Å². The van der Waals surface area contributed by atoms with Crippen molar-refractivity contribution in [2.75, 3.05) is 0 Å². The van der Waals surface area contributed by atoms with Gasteiger partial charge < -0.3 is 16.4 Å². The fourth-order valence-electron chi connectivity index (χ4n) is 4.71. The molecule has 1 heterocycles. The van der Waals surface area contributed by atoms with Gasteiger partial charge in [0.15, 0.2) is 0 Å². The zero-order valence-electron chi connectivity index (χ0n) is 15.9. The number of hydrogen-bond acceptors (Lipinski definition) is 4. The van der Waals surface area contributed by atoms with Crippen molar-refractivity contribution in [1.82, 2.24) is 10.6 Å². The van der Waals surface area contributed by atoms with Crippen LogP contribution in [0.25, 0.3) is 0 Å². The number of fused-ring (bicyclic) bond motifs is 2. The molecule has 4 rings (SSSR count). The molecular weight excluding hydrogens is 370 g/mol. The van der Waals surface area contributed by atoms with Gasteiger partial charge in [-0.05, 0) is 66.7 Å². The molecule has 6 heteroatoms. The molecule has 2 aromatic rings. The van der Waals surface area contributed by atoms with E-state index in [-0.39, 0.29) is 23.9 Å². The van der Waals surface area contributed by atoms with Gasteiger partial charge in [0.25, 0.3) is 11.8 Å². The highest BCUT2D eigenvalue weighted by atomic mass is 32.1. The van der Waals surface area contributed by atoms with Gasteiger partial charge in [0.2, 0.25) is 0 Å². The van der Waals surface area contributed by atoms with Crippen molar-refractivity contribution in [3.63, 3.8) is 0 Å². The second-order valence-corrected chi connectivity index (χ2v) is 8.99. The van der Waals surface area contributed by atoms with Crippen LogP contribution < -0.4 is 16.4 Å². The van der Waals surface area contributed by atoms with E-state index in [2.05, 4.69) is 10.6 Å². The molecule has 2 amide bonds. The van der Waals surface area contributed by atoms with E-state index >= 15 is 0 Å². The summed E-state index contributed by atoms with van der Waals surface area (Å²) in [5, 5.41) is 8.07. The minimum Gasteiger partial charge on any atom is -0.349 e. The van der Waals surface area contributed by atoms with Crippen molar-refractivity contribution < 1.29 is 9.59 Å². The third kappa shape index (κ3) is 4.28. The number of hydrogen-bond donors (Lipinski definition) is 3. The summed E-state index contributed by atoms with van der Waals surface area (Å²) in [5.74, 6) is 0.946. The van der Waals surface area contributed by atoms with Gasteiger partial charge in [0.1, 0.15) is 0 Å². The maximum Gasteiger partial charge on any atom is 0.261 e. The van der Waals surface area contributed by atoms with Crippen molar-refractivity contribution >= 4 is 23.2 Å². The number of benzene rings is 1. The SMILES string of the molecule is NC1CC2CCCC(C1)C2NC(=O)c1ccc(CNC(=O)c2cccs2)cc1. The van der Waals surface area contributed by atoms with Gasteiger partial charge >= 0.3 is 0 Å². The van der Waals surface area contributed by atoms with Crippen LogP contribution in [0.5, 0.6) is 0 Å². The fourth-order valence-corrected chi connectivity index (χ4v) is 5.35. The number of rotatable bonds is 5. The van der Waals surface area contributed by atoms with Crippen LogP contribution >= 0.6 is 11.3 Å². The van der Waals surface area contributed by atoms with Gasteiger partial charge in [-0.25, -0.2) is 0 Å². The molecule has 28 heavy (non-hydrogen) atoms. The molecule has 0 spiro atoms. The summed E-state index contributed by atoms with van der Waals surface area (Å²) in [6, 6.07) is 11.7. The van der Waals surface area contributed by atoms with Gasteiger partial charge in [-0.1, -0.05) is 24.6 Å². The van der Waals surface area contributed by atoms with Crippen LogP contribution in [-0.4, -0.2) is 23.9 Å². The van der Waals surface area contributed by atoms with Gasteiger partial charge in [-0.15, -0.1) is 11.3 Å². The molecule has 2 saturated carbocycles. The predicted octanol–water partition coefficient (Wildman–Crippen LogP) is 3.31. The van der Waals surface area contributed by atoms with E-state index in [1.54, 1.807) is 6.07 Å². The molecule has 2 atom stereocenters. The lowest BCUT2D eigenvalue weighted by atomic mass is 9.67. The largest absolute Gasteiger partial charge is 0.349 e. The minimum absolute atomic E-state index is 0.00783. The second-order valence-electron chi connectivity index (χ2n) is 8.04. The van der Waals surface area contributed by atoms with Gasteiger partial charge in [0.05, 0.1) is 4.88 Å². The van der Waals surface area contributed by atoms with Crippen molar-refractivity contribution in [1.29, 1.82) is 0 Å². The molecule has 4 N–H and O–H groups in total. The zero-order chi connectivity index (χ0) is 19.5. The van der Waals surface area contributed by atoms with Crippen LogP contribution in [0.3, 0.4) is 0 Å². The van der Waals surface area contributed by atoms with E-state index in [0.717, 1.165) is 31.2 Å². The van der Waals surface area contributed by atoms with E-state index in [4.69, 9.17) is 5.73 Å². The summed E-state index contributed by atoms with van der Waals surface area (Å²) in [6.45, 7) is 0.448. The van der Waals surface area contributed by atoms with E-state index in [0.29, 0.717) is 28.8 Å². The highest BCUT2D eigenvalue weighted by Crippen LogP contribution is 2.39. The number of amides is 2. The number of carbonyl (C=O) groups excluding carboxylic acids is 2. The lowest BCUT2D eigenvalue weighted by molar-refractivity contribution is 0.0755. The van der Waals surface area contributed by atoms with Gasteiger partial charge in [-0.2, -0.15) is 0 Å². The number of nitrogens with two attached hydrogens (primary N) is 1. The lowest BCUT2D eigenvalue weighted by Crippen LogP contribution is -2.53. The van der Waals surface area contributed by atoms with E-state index in [1.807, 2.05) is 35.7 Å². The average molecular weight is 398 g/mol. The van der Waals surface area contributed by atoms with E-state index < -0.39 is 0 Å². The summed E-state index contributed by atoms with van der Waals surface area (Å²) < 4.78 is 0. The molecule has 1 aromatic carbocycles. The Morgan fingerprint density at radius 1 is 1.04 bits per heavy atom. The molecule has 2 unspecified atom stereocenters. The van der Waals surface area contributed by atoms with Crippen LogP contribution in [0.2, 0.25) is 0 Å². The maximum absolute atomic E-state index is 12.7. The van der Waals surface area contributed by atoms with Crippen LogP contribution in [0.4, 0.5) is 0 Å². The Bertz CT molecular complexity index is 805. The smallest absolute Gasteiger partial charge is 0.261 e. The Morgan fingerprint density at radius 3 is 2.39 bits per heavy atom. The normalized spacial score (nSPS) is 26.5. The van der Waals surface area contributed by atoms with Crippen molar-refractivity contribution in [3.8, 4) is 0 Å². The monoisotopic (exact) mass is 397 g/mol. The van der Waals surface area contributed by atoms with Crippen LogP contribution in [0, 0.1) is 11.8 Å². The molecular formula is C22H27N3O2S. The Kier molecular flexibility index (Phi) is 5.78. The van der Waals surface area contributed by atoms with E-state index in [1.165, 1.54) is 17.8 Å². The van der Waals surface area contributed by atoms with Crippen molar-refractivity contribution in [3.05, 3.63) is 57.8 Å². The van der Waals surface area contributed by atoms with E-state index in [9.17, 15) is 9.59 Å². The van der Waals surface area contributed by atoms with Crippen LogP contribution in [0.1, 0.15) is 57.7 Å². The highest BCUT2D eigenvalue weighted by Gasteiger charge is 2.39. The molecule has 148 valence electrons. The molecule has 0 aliphatic heterocycles. The Morgan fingerprint density at radius 2 is 1.75 bits per heavy atom. The summed E-state index contributed by atoms with van der Waals surface area (Å²) in [6.07, 6.45) is 5.62. The summed E-state index contributed by atoms with van der Waals surface area (Å²) >= 11 is 1.42. The van der Waals surface area contributed by atoms with Crippen molar-refractivity contribution in [2.45, 2.75) is 50.7 Å². The summed E-state index contributed by atoms with van der Waals surface area (Å²) in [4.78, 5) is 25.5. The fraction of sp³-hybridized carbons (Fsp3) is 0.455.